The van der Waals surface area contributed by atoms with E-state index in [4.69, 9.17) is 16.3 Å². The first kappa shape index (κ1) is 25.2. The number of pyridine rings is 1. The minimum atomic E-state index is -1.10. The van der Waals surface area contributed by atoms with Crippen LogP contribution in [-0.4, -0.2) is 38.5 Å². The van der Waals surface area contributed by atoms with Crippen molar-refractivity contribution in [3.63, 3.8) is 0 Å². The standard InChI is InChI=1S/C26H26ClIN4O3/c1-25(2,3)26(30-24(33)34,13-16-7-5-4-6-8-16)15-35-18-12-19(22(27)29-14-18)17-9-10-21-20(11-17)23(28)32-31-21/h4-12,14,30H,13,15H2,1-3H3,(H,31,32)(H,33,34)/t26-/m1/s1. The van der Waals surface area contributed by atoms with Crippen LogP contribution < -0.4 is 10.1 Å². The third kappa shape index (κ3) is 5.54. The number of amides is 1. The first-order valence-corrected chi connectivity index (χ1v) is 12.5. The van der Waals surface area contributed by atoms with Gasteiger partial charge in [0.15, 0.2) is 0 Å². The maximum absolute atomic E-state index is 11.9. The van der Waals surface area contributed by atoms with Gasteiger partial charge in [0.2, 0.25) is 0 Å². The van der Waals surface area contributed by atoms with Crippen molar-refractivity contribution >= 4 is 51.2 Å². The molecule has 1 atom stereocenters. The lowest BCUT2D eigenvalue weighted by molar-refractivity contribution is 0.0686. The highest BCUT2D eigenvalue weighted by Crippen LogP contribution is 2.36. The Balaban J connectivity index is 1.66. The third-order valence-electron chi connectivity index (χ3n) is 6.26. The first-order chi connectivity index (χ1) is 16.6. The zero-order chi connectivity index (χ0) is 25.2. The molecule has 4 rings (SSSR count). The lowest BCUT2D eigenvalue weighted by atomic mass is 9.70. The van der Waals surface area contributed by atoms with E-state index in [1.165, 1.54) is 0 Å². The van der Waals surface area contributed by atoms with Crippen LogP contribution in [-0.2, 0) is 6.42 Å². The van der Waals surface area contributed by atoms with E-state index in [1.807, 2.05) is 75.4 Å². The smallest absolute Gasteiger partial charge is 0.405 e. The number of benzene rings is 2. The van der Waals surface area contributed by atoms with Crippen LogP contribution in [0.2, 0.25) is 5.15 Å². The Bertz CT molecular complexity index is 1350. The molecule has 2 aromatic carbocycles. The molecule has 182 valence electrons. The van der Waals surface area contributed by atoms with E-state index in [0.717, 1.165) is 31.3 Å². The Kier molecular flexibility index (Phi) is 7.23. The highest BCUT2D eigenvalue weighted by atomic mass is 127. The molecule has 0 spiro atoms. The Morgan fingerprint density at radius 2 is 1.91 bits per heavy atom. The number of aromatic amines is 1. The van der Waals surface area contributed by atoms with E-state index >= 15 is 0 Å². The molecule has 0 saturated carbocycles. The Hall–Kier alpha value is -2.85. The van der Waals surface area contributed by atoms with Crippen LogP contribution in [0.4, 0.5) is 4.79 Å². The molecule has 0 radical (unpaired) electrons. The number of carbonyl (C=O) groups is 1. The van der Waals surface area contributed by atoms with Gasteiger partial charge >= 0.3 is 6.09 Å². The fourth-order valence-electron chi connectivity index (χ4n) is 4.02. The Morgan fingerprint density at radius 1 is 1.17 bits per heavy atom. The number of hydrogen-bond donors (Lipinski definition) is 3. The fraction of sp³-hybridized carbons (Fsp3) is 0.269. The molecule has 2 aromatic heterocycles. The summed E-state index contributed by atoms with van der Waals surface area (Å²) in [5.41, 5.74) is 2.20. The number of rotatable bonds is 7. The van der Waals surface area contributed by atoms with E-state index in [-0.39, 0.29) is 6.61 Å². The number of H-pyrrole nitrogens is 1. The minimum Gasteiger partial charge on any atom is -0.489 e. The lowest BCUT2D eigenvalue weighted by Crippen LogP contribution is -2.62. The summed E-state index contributed by atoms with van der Waals surface area (Å²) in [5, 5.41) is 21.0. The second kappa shape index (κ2) is 10.0. The molecule has 3 N–H and O–H groups in total. The zero-order valence-electron chi connectivity index (χ0n) is 19.6. The molecule has 4 aromatic rings. The number of nitrogens with zero attached hydrogens (tertiary/aromatic N) is 2. The highest BCUT2D eigenvalue weighted by Gasteiger charge is 2.44. The van der Waals surface area contributed by atoms with Crippen molar-refractivity contribution in [3.05, 3.63) is 75.2 Å². The van der Waals surface area contributed by atoms with Gasteiger partial charge in [-0.25, -0.2) is 9.78 Å². The minimum absolute atomic E-state index is 0.110. The second-order valence-corrected chi connectivity index (χ2v) is 10.9. The molecule has 1 amide bonds. The maximum atomic E-state index is 11.9. The van der Waals surface area contributed by atoms with Gasteiger partial charge in [0.1, 0.15) is 21.2 Å². The predicted octanol–water partition coefficient (Wildman–Crippen LogP) is 6.56. The van der Waals surface area contributed by atoms with Crippen molar-refractivity contribution in [1.82, 2.24) is 20.5 Å². The van der Waals surface area contributed by atoms with Gasteiger partial charge in [0.25, 0.3) is 0 Å². The molecule has 9 heteroatoms. The summed E-state index contributed by atoms with van der Waals surface area (Å²) in [6.07, 6.45) is 0.924. The van der Waals surface area contributed by atoms with Crippen molar-refractivity contribution in [1.29, 1.82) is 0 Å². The molecular weight excluding hydrogens is 579 g/mol. The molecule has 0 bridgehead atoms. The molecule has 35 heavy (non-hydrogen) atoms. The number of aromatic nitrogens is 3. The fourth-order valence-corrected chi connectivity index (χ4v) is 4.80. The Labute approximate surface area is 222 Å². The molecule has 0 fully saturated rings. The summed E-state index contributed by atoms with van der Waals surface area (Å²) >= 11 is 8.63. The number of halogens is 2. The van der Waals surface area contributed by atoms with Gasteiger partial charge in [0.05, 0.1) is 17.3 Å². The van der Waals surface area contributed by atoms with Gasteiger partial charge in [-0.2, -0.15) is 5.10 Å². The van der Waals surface area contributed by atoms with Gasteiger partial charge in [0, 0.05) is 10.9 Å². The van der Waals surface area contributed by atoms with E-state index < -0.39 is 17.0 Å². The van der Waals surface area contributed by atoms with Gasteiger partial charge in [-0.1, -0.05) is 68.8 Å². The van der Waals surface area contributed by atoms with Gasteiger partial charge in [-0.3, -0.25) is 5.10 Å². The molecule has 0 aliphatic carbocycles. The van der Waals surface area contributed by atoms with E-state index in [1.54, 1.807) is 6.20 Å². The first-order valence-electron chi connectivity index (χ1n) is 11.1. The topological polar surface area (TPSA) is 100 Å². The van der Waals surface area contributed by atoms with E-state index in [0.29, 0.717) is 17.3 Å². The molecule has 7 nitrogen and oxygen atoms in total. The molecule has 0 aliphatic heterocycles. The van der Waals surface area contributed by atoms with Crippen molar-refractivity contribution in [3.8, 4) is 16.9 Å². The number of ether oxygens (including phenoxy) is 1. The maximum Gasteiger partial charge on any atom is 0.405 e. The van der Waals surface area contributed by atoms with Crippen molar-refractivity contribution in [2.75, 3.05) is 6.61 Å². The van der Waals surface area contributed by atoms with E-state index in [2.05, 4.69) is 43.1 Å². The summed E-state index contributed by atoms with van der Waals surface area (Å²) in [6, 6.07) is 17.5. The van der Waals surface area contributed by atoms with Crippen molar-refractivity contribution in [2.45, 2.75) is 32.7 Å². The summed E-state index contributed by atoms with van der Waals surface area (Å²) in [4.78, 5) is 16.2. The summed E-state index contributed by atoms with van der Waals surface area (Å²) < 4.78 is 7.08. The summed E-state index contributed by atoms with van der Waals surface area (Å²) in [6.45, 7) is 6.12. The van der Waals surface area contributed by atoms with Crippen LogP contribution in [0.25, 0.3) is 22.0 Å². The monoisotopic (exact) mass is 604 g/mol. The quantitative estimate of drug-likeness (QED) is 0.164. The number of carboxylic acid groups (broad SMARTS) is 1. The lowest BCUT2D eigenvalue weighted by Gasteiger charge is -2.44. The predicted molar refractivity (Wildman–Crippen MR) is 146 cm³/mol. The van der Waals surface area contributed by atoms with E-state index in [9.17, 15) is 9.90 Å². The average molecular weight is 605 g/mol. The van der Waals surface area contributed by atoms with Gasteiger partial charge < -0.3 is 15.2 Å². The SMILES string of the molecule is CC(C)(C)[C@](COc1cnc(Cl)c(-c2ccc3[nH]nc(I)c3c2)c1)(Cc1ccccc1)NC(=O)O. The van der Waals surface area contributed by atoms with Crippen LogP contribution in [0.1, 0.15) is 26.3 Å². The Morgan fingerprint density at radius 3 is 2.60 bits per heavy atom. The van der Waals surface area contributed by atoms with Crippen LogP contribution in [0.5, 0.6) is 5.75 Å². The number of nitrogens with one attached hydrogen (secondary N) is 2. The summed E-state index contributed by atoms with van der Waals surface area (Å²) in [7, 11) is 0. The third-order valence-corrected chi connectivity index (χ3v) is 7.38. The number of hydrogen-bond acceptors (Lipinski definition) is 4. The zero-order valence-corrected chi connectivity index (χ0v) is 22.5. The van der Waals surface area contributed by atoms with Crippen LogP contribution in [0.15, 0.2) is 60.8 Å². The average Bonchev–Trinajstić information content (AvgIpc) is 3.18. The molecule has 0 unspecified atom stereocenters. The highest BCUT2D eigenvalue weighted by molar-refractivity contribution is 14.1. The second-order valence-electron chi connectivity index (χ2n) is 9.50. The molecule has 0 aliphatic rings. The number of fused-ring (bicyclic) bond motifs is 1. The van der Waals surface area contributed by atoms with Crippen LogP contribution in [0.3, 0.4) is 0 Å². The van der Waals surface area contributed by atoms with Crippen LogP contribution in [0, 0.1) is 9.12 Å². The normalized spacial score (nSPS) is 13.4. The molecular formula is C26H26ClIN4O3. The van der Waals surface area contributed by atoms with Gasteiger partial charge in [-0.05, 0) is 63.8 Å². The van der Waals surface area contributed by atoms with Gasteiger partial charge in [-0.15, -0.1) is 0 Å². The molecule has 0 saturated heterocycles. The molecule has 2 heterocycles. The van der Waals surface area contributed by atoms with Crippen molar-refractivity contribution in [2.24, 2.45) is 5.41 Å². The summed E-state index contributed by atoms with van der Waals surface area (Å²) in [5.74, 6) is 0.500. The largest absolute Gasteiger partial charge is 0.489 e. The van der Waals surface area contributed by atoms with Crippen molar-refractivity contribution < 1.29 is 14.6 Å². The van der Waals surface area contributed by atoms with Crippen LogP contribution >= 0.6 is 34.2 Å².